The second-order valence-electron chi connectivity index (χ2n) is 5.22. The van der Waals surface area contributed by atoms with E-state index < -0.39 is 22.0 Å². The van der Waals surface area contributed by atoms with Crippen LogP contribution in [0.1, 0.15) is 25.8 Å². The highest BCUT2D eigenvalue weighted by Crippen LogP contribution is 2.14. The lowest BCUT2D eigenvalue weighted by atomic mass is 10.1. The lowest BCUT2D eigenvalue weighted by Crippen LogP contribution is -2.41. The molecular weight excluding hydrogens is 294 g/mol. The van der Waals surface area contributed by atoms with Crippen LogP contribution in [0, 0.1) is 5.92 Å². The van der Waals surface area contributed by atoms with Crippen molar-refractivity contribution in [2.24, 2.45) is 5.92 Å². The number of carboxylic acid groups (broad SMARTS) is 1. The van der Waals surface area contributed by atoms with Crippen molar-refractivity contribution in [2.75, 3.05) is 7.11 Å². The first-order valence-corrected chi connectivity index (χ1v) is 8.07. The van der Waals surface area contributed by atoms with Gasteiger partial charge in [-0.25, -0.2) is 8.42 Å². The lowest BCUT2D eigenvalue weighted by molar-refractivity contribution is -0.139. The summed E-state index contributed by atoms with van der Waals surface area (Å²) in [5.74, 6) is -1.12. The minimum atomic E-state index is -3.88. The number of hydrogen-bond acceptors (Lipinski definition) is 4. The lowest BCUT2D eigenvalue weighted by Gasteiger charge is -2.17. The van der Waals surface area contributed by atoms with Gasteiger partial charge in [-0.1, -0.05) is 26.0 Å². The number of benzene rings is 1. The van der Waals surface area contributed by atoms with Gasteiger partial charge in [0.25, 0.3) is 0 Å². The summed E-state index contributed by atoms with van der Waals surface area (Å²) in [5.41, 5.74) is 0.705. The molecule has 0 heterocycles. The number of carbonyl (C=O) groups is 1. The van der Waals surface area contributed by atoms with Crippen LogP contribution in [-0.2, 0) is 26.2 Å². The standard InChI is InChI=1S/C14H21NO5S/c1-10(2)7-13(14(16)17)15-21(18,19)12-6-4-5-11(8-12)9-20-3/h4-6,8,10,13,15H,7,9H2,1-3H3,(H,16,17). The van der Waals surface area contributed by atoms with E-state index in [2.05, 4.69) is 4.72 Å². The van der Waals surface area contributed by atoms with Gasteiger partial charge >= 0.3 is 5.97 Å². The van der Waals surface area contributed by atoms with Crippen molar-refractivity contribution < 1.29 is 23.1 Å². The van der Waals surface area contributed by atoms with E-state index in [-0.39, 0.29) is 23.8 Å². The summed E-state index contributed by atoms with van der Waals surface area (Å²) in [7, 11) is -2.36. The van der Waals surface area contributed by atoms with Crippen molar-refractivity contribution in [2.45, 2.75) is 37.8 Å². The first kappa shape index (κ1) is 17.6. The zero-order valence-electron chi connectivity index (χ0n) is 12.4. The molecule has 0 aliphatic rings. The molecule has 7 heteroatoms. The average Bonchev–Trinajstić information content (AvgIpc) is 2.38. The molecule has 118 valence electrons. The zero-order valence-corrected chi connectivity index (χ0v) is 13.2. The Morgan fingerprint density at radius 2 is 2.05 bits per heavy atom. The Morgan fingerprint density at radius 3 is 2.57 bits per heavy atom. The van der Waals surface area contributed by atoms with Crippen molar-refractivity contribution in [3.05, 3.63) is 29.8 Å². The summed E-state index contributed by atoms with van der Waals surface area (Å²) in [6.07, 6.45) is 0.228. The molecule has 0 radical (unpaired) electrons. The molecule has 2 N–H and O–H groups in total. The fourth-order valence-corrected chi connectivity index (χ4v) is 3.17. The summed E-state index contributed by atoms with van der Waals surface area (Å²) in [4.78, 5) is 11.2. The van der Waals surface area contributed by atoms with Crippen molar-refractivity contribution in [1.29, 1.82) is 0 Å². The highest BCUT2D eigenvalue weighted by Gasteiger charge is 2.26. The Kier molecular flexibility index (Phi) is 6.32. The van der Waals surface area contributed by atoms with Crippen LogP contribution in [0.4, 0.5) is 0 Å². The van der Waals surface area contributed by atoms with E-state index in [1.165, 1.54) is 19.2 Å². The van der Waals surface area contributed by atoms with E-state index in [1.54, 1.807) is 12.1 Å². The molecule has 1 aromatic carbocycles. The Morgan fingerprint density at radius 1 is 1.38 bits per heavy atom. The Labute approximate surface area is 125 Å². The minimum Gasteiger partial charge on any atom is -0.480 e. The molecule has 1 aromatic rings. The minimum absolute atomic E-state index is 0.0343. The third-order valence-corrected chi connectivity index (χ3v) is 4.29. The molecule has 1 atom stereocenters. The van der Waals surface area contributed by atoms with Gasteiger partial charge in [-0.05, 0) is 30.0 Å². The molecule has 0 aliphatic heterocycles. The second-order valence-corrected chi connectivity index (χ2v) is 6.94. The number of carboxylic acids is 1. The van der Waals surface area contributed by atoms with E-state index >= 15 is 0 Å². The number of nitrogens with one attached hydrogen (secondary N) is 1. The monoisotopic (exact) mass is 315 g/mol. The molecule has 1 unspecified atom stereocenters. The SMILES string of the molecule is COCc1cccc(S(=O)(=O)NC(CC(C)C)C(=O)O)c1. The largest absolute Gasteiger partial charge is 0.480 e. The van der Waals surface area contributed by atoms with E-state index in [1.807, 2.05) is 13.8 Å². The molecule has 0 aliphatic carbocycles. The predicted octanol–water partition coefficient (Wildman–Crippen LogP) is 1.61. The smallest absolute Gasteiger partial charge is 0.321 e. The number of ether oxygens (including phenoxy) is 1. The number of aliphatic carboxylic acids is 1. The van der Waals surface area contributed by atoms with Crippen LogP contribution in [0.15, 0.2) is 29.2 Å². The summed E-state index contributed by atoms with van der Waals surface area (Å²) in [5, 5.41) is 9.12. The topological polar surface area (TPSA) is 92.7 Å². The van der Waals surface area contributed by atoms with Crippen molar-refractivity contribution in [3.8, 4) is 0 Å². The molecule has 0 saturated heterocycles. The normalized spacial score (nSPS) is 13.3. The molecule has 0 spiro atoms. The predicted molar refractivity (Wildman–Crippen MR) is 78.4 cm³/mol. The maximum atomic E-state index is 12.3. The summed E-state index contributed by atoms with van der Waals surface area (Å²) in [6.45, 7) is 3.96. The van der Waals surface area contributed by atoms with Crippen LogP contribution in [0.2, 0.25) is 0 Å². The molecular formula is C14H21NO5S. The van der Waals surface area contributed by atoms with E-state index in [4.69, 9.17) is 9.84 Å². The summed E-state index contributed by atoms with van der Waals surface area (Å²) in [6, 6.07) is 5.10. The Bertz CT molecular complexity index is 583. The van der Waals surface area contributed by atoms with E-state index in [9.17, 15) is 13.2 Å². The van der Waals surface area contributed by atoms with Gasteiger partial charge < -0.3 is 9.84 Å². The van der Waals surface area contributed by atoms with Crippen LogP contribution in [-0.4, -0.2) is 32.6 Å². The Balaban J connectivity index is 2.98. The van der Waals surface area contributed by atoms with Gasteiger partial charge in [-0.3, -0.25) is 4.79 Å². The van der Waals surface area contributed by atoms with E-state index in [0.29, 0.717) is 5.56 Å². The third-order valence-electron chi connectivity index (χ3n) is 2.82. The molecule has 0 aromatic heterocycles. The number of hydrogen-bond donors (Lipinski definition) is 2. The first-order valence-electron chi connectivity index (χ1n) is 6.59. The zero-order chi connectivity index (χ0) is 16.0. The van der Waals surface area contributed by atoms with Crippen LogP contribution in [0.3, 0.4) is 0 Å². The fourth-order valence-electron chi connectivity index (χ4n) is 1.90. The van der Waals surface area contributed by atoms with Crippen molar-refractivity contribution in [3.63, 3.8) is 0 Å². The Hall–Kier alpha value is -1.44. The molecule has 1 rings (SSSR count). The highest BCUT2D eigenvalue weighted by molar-refractivity contribution is 7.89. The van der Waals surface area contributed by atoms with Gasteiger partial charge in [0.2, 0.25) is 10.0 Å². The number of methoxy groups -OCH3 is 1. The van der Waals surface area contributed by atoms with Crippen LogP contribution in [0.5, 0.6) is 0 Å². The maximum absolute atomic E-state index is 12.3. The highest BCUT2D eigenvalue weighted by atomic mass is 32.2. The fraction of sp³-hybridized carbons (Fsp3) is 0.500. The van der Waals surface area contributed by atoms with Gasteiger partial charge in [0.15, 0.2) is 0 Å². The van der Waals surface area contributed by atoms with Gasteiger partial charge in [0, 0.05) is 7.11 Å². The molecule has 0 saturated carbocycles. The molecule has 0 amide bonds. The molecule has 6 nitrogen and oxygen atoms in total. The summed E-state index contributed by atoms with van der Waals surface area (Å²) < 4.78 is 31.7. The van der Waals surface area contributed by atoms with Crippen molar-refractivity contribution in [1.82, 2.24) is 4.72 Å². The molecule has 21 heavy (non-hydrogen) atoms. The van der Waals surface area contributed by atoms with Crippen molar-refractivity contribution >= 4 is 16.0 Å². The maximum Gasteiger partial charge on any atom is 0.321 e. The van der Waals surface area contributed by atoms with Gasteiger partial charge in [0.1, 0.15) is 6.04 Å². The number of sulfonamides is 1. The molecule has 0 fully saturated rings. The first-order chi connectivity index (χ1) is 9.76. The average molecular weight is 315 g/mol. The third kappa shape index (κ3) is 5.45. The summed E-state index contributed by atoms with van der Waals surface area (Å²) >= 11 is 0. The van der Waals surface area contributed by atoms with Gasteiger partial charge in [-0.15, -0.1) is 0 Å². The van der Waals surface area contributed by atoms with Gasteiger partial charge in [0.05, 0.1) is 11.5 Å². The quantitative estimate of drug-likeness (QED) is 0.760. The van der Waals surface area contributed by atoms with Crippen LogP contribution < -0.4 is 4.72 Å². The van der Waals surface area contributed by atoms with E-state index in [0.717, 1.165) is 0 Å². The van der Waals surface area contributed by atoms with Crippen LogP contribution in [0.25, 0.3) is 0 Å². The second kappa shape index (κ2) is 7.53. The number of rotatable bonds is 8. The van der Waals surface area contributed by atoms with Crippen LogP contribution >= 0.6 is 0 Å². The molecule has 0 bridgehead atoms. The van der Waals surface area contributed by atoms with Gasteiger partial charge in [-0.2, -0.15) is 4.72 Å².